The van der Waals surface area contributed by atoms with Crippen LogP contribution >= 0.6 is 0 Å². The molecule has 2 aromatic carbocycles. The van der Waals surface area contributed by atoms with Gasteiger partial charge in [-0.05, 0) is 42.8 Å². The number of carbonyl (C=O) groups excluding carboxylic acids is 1. The van der Waals surface area contributed by atoms with Crippen LogP contribution in [0.3, 0.4) is 0 Å². The molecule has 0 bridgehead atoms. The number of hydrogen-bond acceptors (Lipinski definition) is 2. The van der Waals surface area contributed by atoms with E-state index in [0.717, 1.165) is 12.1 Å². The summed E-state index contributed by atoms with van der Waals surface area (Å²) in [6, 6.07) is 10.2. The molecule has 3 N–H and O–H groups in total. The van der Waals surface area contributed by atoms with Crippen molar-refractivity contribution in [2.45, 2.75) is 13.0 Å². The average molecular weight is 276 g/mol. The van der Waals surface area contributed by atoms with Crippen LogP contribution in [0.15, 0.2) is 42.5 Å². The lowest BCUT2D eigenvalue weighted by atomic mass is 10.1. The van der Waals surface area contributed by atoms with Crippen molar-refractivity contribution in [1.82, 2.24) is 0 Å². The van der Waals surface area contributed by atoms with Gasteiger partial charge in [-0.15, -0.1) is 0 Å². The van der Waals surface area contributed by atoms with Gasteiger partial charge in [0.05, 0.1) is 0 Å². The average Bonchev–Trinajstić information content (AvgIpc) is 2.42. The van der Waals surface area contributed by atoms with Crippen molar-refractivity contribution < 1.29 is 13.6 Å². The first kappa shape index (κ1) is 14.0. The Balaban J connectivity index is 2.18. The highest BCUT2D eigenvalue weighted by molar-refractivity contribution is 5.93. The Hall–Kier alpha value is -2.43. The Bertz CT molecular complexity index is 644. The van der Waals surface area contributed by atoms with Gasteiger partial charge in [0.2, 0.25) is 5.91 Å². The molecular formula is C15H14F2N2O. The summed E-state index contributed by atoms with van der Waals surface area (Å²) in [5, 5.41) is 3.10. The molecule has 1 atom stereocenters. The zero-order valence-corrected chi connectivity index (χ0v) is 10.9. The van der Waals surface area contributed by atoms with Crippen molar-refractivity contribution in [3.63, 3.8) is 0 Å². The monoisotopic (exact) mass is 276 g/mol. The standard InChI is InChI=1S/C15H14F2N2O/c1-9(10-5-6-13(16)14(17)8-10)19-12-4-2-3-11(7-12)15(18)20/h2-9,19H,1H3,(H2,18,20). The second-order valence-electron chi connectivity index (χ2n) is 4.48. The summed E-state index contributed by atoms with van der Waals surface area (Å²) in [6.07, 6.45) is 0. The fourth-order valence-corrected chi connectivity index (χ4v) is 1.88. The van der Waals surface area contributed by atoms with Gasteiger partial charge in [0.1, 0.15) is 0 Å². The predicted molar refractivity (Wildman–Crippen MR) is 73.4 cm³/mol. The summed E-state index contributed by atoms with van der Waals surface area (Å²) < 4.78 is 26.1. The smallest absolute Gasteiger partial charge is 0.248 e. The zero-order valence-electron chi connectivity index (χ0n) is 10.9. The Kier molecular flexibility index (Phi) is 3.98. The van der Waals surface area contributed by atoms with E-state index in [4.69, 9.17) is 5.73 Å². The molecule has 0 aromatic heterocycles. The fourth-order valence-electron chi connectivity index (χ4n) is 1.88. The third kappa shape index (κ3) is 3.12. The quantitative estimate of drug-likeness (QED) is 0.900. The van der Waals surface area contributed by atoms with Crippen LogP contribution in [0.5, 0.6) is 0 Å². The van der Waals surface area contributed by atoms with E-state index in [1.54, 1.807) is 24.3 Å². The molecule has 5 heteroatoms. The predicted octanol–water partition coefficient (Wildman–Crippen LogP) is 3.24. The lowest BCUT2D eigenvalue weighted by molar-refractivity contribution is 0.100. The van der Waals surface area contributed by atoms with Crippen molar-refractivity contribution in [3.8, 4) is 0 Å². The number of hydrogen-bond donors (Lipinski definition) is 2. The third-order valence-corrected chi connectivity index (χ3v) is 2.97. The molecule has 2 rings (SSSR count). The van der Waals surface area contributed by atoms with Crippen molar-refractivity contribution in [1.29, 1.82) is 0 Å². The van der Waals surface area contributed by atoms with Crippen molar-refractivity contribution in [2.75, 3.05) is 5.32 Å². The van der Waals surface area contributed by atoms with Crippen LogP contribution in [0.25, 0.3) is 0 Å². The number of rotatable bonds is 4. The molecule has 0 aliphatic rings. The molecule has 0 heterocycles. The van der Waals surface area contributed by atoms with Gasteiger partial charge < -0.3 is 11.1 Å². The summed E-state index contributed by atoms with van der Waals surface area (Å²) in [5.74, 6) is -2.28. The van der Waals surface area contributed by atoms with Gasteiger partial charge in [-0.3, -0.25) is 4.79 Å². The second-order valence-corrected chi connectivity index (χ2v) is 4.48. The van der Waals surface area contributed by atoms with Gasteiger partial charge in [-0.1, -0.05) is 12.1 Å². The molecule has 0 aliphatic heterocycles. The normalized spacial score (nSPS) is 11.9. The summed E-state index contributed by atoms with van der Waals surface area (Å²) >= 11 is 0. The van der Waals surface area contributed by atoms with Crippen LogP contribution < -0.4 is 11.1 Å². The van der Waals surface area contributed by atoms with Crippen LogP contribution in [-0.2, 0) is 0 Å². The molecule has 104 valence electrons. The molecule has 3 nitrogen and oxygen atoms in total. The minimum Gasteiger partial charge on any atom is -0.378 e. The van der Waals surface area contributed by atoms with Crippen molar-refractivity contribution >= 4 is 11.6 Å². The molecule has 2 aromatic rings. The number of amides is 1. The summed E-state index contributed by atoms with van der Waals surface area (Å²) in [6.45, 7) is 1.81. The maximum atomic E-state index is 13.2. The van der Waals surface area contributed by atoms with E-state index in [2.05, 4.69) is 5.32 Å². The molecule has 0 saturated carbocycles. The third-order valence-electron chi connectivity index (χ3n) is 2.97. The van der Waals surface area contributed by atoms with Crippen LogP contribution in [-0.4, -0.2) is 5.91 Å². The molecular weight excluding hydrogens is 262 g/mol. The topological polar surface area (TPSA) is 55.1 Å². The van der Waals surface area contributed by atoms with Gasteiger partial charge in [0.25, 0.3) is 0 Å². The van der Waals surface area contributed by atoms with Crippen molar-refractivity contribution in [2.24, 2.45) is 5.73 Å². The Morgan fingerprint density at radius 2 is 1.90 bits per heavy atom. The summed E-state index contributed by atoms with van der Waals surface area (Å²) in [5.41, 5.74) is 6.87. The minimum atomic E-state index is -0.887. The lowest BCUT2D eigenvalue weighted by Crippen LogP contribution is -2.12. The minimum absolute atomic E-state index is 0.242. The fraction of sp³-hybridized carbons (Fsp3) is 0.133. The summed E-state index contributed by atoms with van der Waals surface area (Å²) in [4.78, 5) is 11.1. The van der Waals surface area contributed by atoms with Gasteiger partial charge >= 0.3 is 0 Å². The number of anilines is 1. The molecule has 0 saturated heterocycles. The second kappa shape index (κ2) is 5.69. The molecule has 0 aliphatic carbocycles. The van der Waals surface area contributed by atoms with E-state index in [0.29, 0.717) is 16.8 Å². The zero-order chi connectivity index (χ0) is 14.7. The first-order chi connectivity index (χ1) is 9.47. The van der Waals surface area contributed by atoms with Crippen LogP contribution in [0.2, 0.25) is 0 Å². The van der Waals surface area contributed by atoms with E-state index >= 15 is 0 Å². The number of carbonyl (C=O) groups is 1. The number of nitrogens with one attached hydrogen (secondary N) is 1. The highest BCUT2D eigenvalue weighted by Gasteiger charge is 2.10. The molecule has 0 fully saturated rings. The molecule has 0 spiro atoms. The largest absolute Gasteiger partial charge is 0.378 e. The van der Waals surface area contributed by atoms with Gasteiger partial charge in [0.15, 0.2) is 11.6 Å². The SMILES string of the molecule is CC(Nc1cccc(C(N)=O)c1)c1ccc(F)c(F)c1. The highest BCUT2D eigenvalue weighted by Crippen LogP contribution is 2.21. The van der Waals surface area contributed by atoms with Gasteiger partial charge in [-0.2, -0.15) is 0 Å². The molecule has 0 radical (unpaired) electrons. The first-order valence-corrected chi connectivity index (χ1v) is 6.08. The van der Waals surface area contributed by atoms with E-state index in [1.165, 1.54) is 6.07 Å². The number of primary amides is 1. The summed E-state index contributed by atoms with van der Waals surface area (Å²) in [7, 11) is 0. The Morgan fingerprint density at radius 1 is 1.15 bits per heavy atom. The number of halogens is 2. The molecule has 1 unspecified atom stereocenters. The van der Waals surface area contributed by atoms with E-state index in [9.17, 15) is 13.6 Å². The van der Waals surface area contributed by atoms with E-state index < -0.39 is 17.5 Å². The molecule has 1 amide bonds. The maximum Gasteiger partial charge on any atom is 0.248 e. The number of benzene rings is 2. The number of nitrogens with two attached hydrogens (primary N) is 1. The van der Waals surface area contributed by atoms with E-state index in [1.807, 2.05) is 6.92 Å². The highest BCUT2D eigenvalue weighted by atomic mass is 19.2. The maximum absolute atomic E-state index is 13.2. The van der Waals surface area contributed by atoms with Crippen molar-refractivity contribution in [3.05, 3.63) is 65.2 Å². The molecule has 20 heavy (non-hydrogen) atoms. The van der Waals surface area contributed by atoms with Gasteiger partial charge in [-0.25, -0.2) is 8.78 Å². The van der Waals surface area contributed by atoms with Crippen LogP contribution in [0, 0.1) is 11.6 Å². The first-order valence-electron chi connectivity index (χ1n) is 6.08. The van der Waals surface area contributed by atoms with E-state index in [-0.39, 0.29) is 6.04 Å². The lowest BCUT2D eigenvalue weighted by Gasteiger charge is -2.16. The van der Waals surface area contributed by atoms with Crippen LogP contribution in [0.4, 0.5) is 14.5 Å². The Labute approximate surface area is 115 Å². The van der Waals surface area contributed by atoms with Gasteiger partial charge in [0, 0.05) is 17.3 Å². The Morgan fingerprint density at radius 3 is 2.55 bits per heavy atom. The van der Waals surface area contributed by atoms with Crippen LogP contribution in [0.1, 0.15) is 28.9 Å².